The molecule has 0 spiro atoms. The molecule has 1 aliphatic carbocycles. The van der Waals surface area contributed by atoms with Crippen LogP contribution >= 0.6 is 0 Å². The SMILES string of the molecule is CCN(CCNC)C(=O)C1(C)CCC1. The maximum atomic E-state index is 12.1. The Morgan fingerprint density at radius 1 is 1.50 bits per heavy atom. The van der Waals surface area contributed by atoms with E-state index in [0.29, 0.717) is 5.91 Å². The molecular formula is C11H22N2O. The quantitative estimate of drug-likeness (QED) is 0.721. The van der Waals surface area contributed by atoms with Crippen molar-refractivity contribution in [3.05, 3.63) is 0 Å². The second-order valence-electron chi connectivity index (χ2n) is 4.40. The van der Waals surface area contributed by atoms with Gasteiger partial charge >= 0.3 is 0 Å². The van der Waals surface area contributed by atoms with Crippen LogP contribution in [0.2, 0.25) is 0 Å². The molecular weight excluding hydrogens is 176 g/mol. The molecule has 0 unspecified atom stereocenters. The van der Waals surface area contributed by atoms with Crippen molar-refractivity contribution in [2.75, 3.05) is 26.7 Å². The van der Waals surface area contributed by atoms with Crippen LogP contribution in [0.25, 0.3) is 0 Å². The molecule has 0 bridgehead atoms. The van der Waals surface area contributed by atoms with Crippen molar-refractivity contribution in [3.8, 4) is 0 Å². The molecule has 0 saturated heterocycles. The van der Waals surface area contributed by atoms with Crippen LogP contribution in [-0.4, -0.2) is 37.5 Å². The number of amides is 1. The van der Waals surface area contributed by atoms with Crippen molar-refractivity contribution < 1.29 is 4.79 Å². The molecule has 0 radical (unpaired) electrons. The second-order valence-corrected chi connectivity index (χ2v) is 4.40. The number of nitrogens with zero attached hydrogens (tertiary/aromatic N) is 1. The zero-order valence-corrected chi connectivity index (χ0v) is 9.60. The molecule has 0 aliphatic heterocycles. The monoisotopic (exact) mass is 198 g/mol. The van der Waals surface area contributed by atoms with Crippen molar-refractivity contribution >= 4 is 5.91 Å². The molecule has 1 aliphatic rings. The van der Waals surface area contributed by atoms with Gasteiger partial charge in [0.05, 0.1) is 0 Å². The molecule has 1 amide bonds. The maximum absolute atomic E-state index is 12.1. The van der Waals surface area contributed by atoms with E-state index in [0.717, 1.165) is 32.5 Å². The van der Waals surface area contributed by atoms with Crippen LogP contribution in [0.5, 0.6) is 0 Å². The molecule has 0 aromatic heterocycles. The summed E-state index contributed by atoms with van der Waals surface area (Å²) in [6, 6.07) is 0. The number of rotatable bonds is 5. The molecule has 82 valence electrons. The number of likely N-dealkylation sites (N-methyl/N-ethyl adjacent to an activating group) is 2. The van der Waals surface area contributed by atoms with Gasteiger partial charge in [-0.25, -0.2) is 0 Å². The summed E-state index contributed by atoms with van der Waals surface area (Å²) < 4.78 is 0. The zero-order chi connectivity index (χ0) is 10.6. The van der Waals surface area contributed by atoms with Gasteiger partial charge in [-0.05, 0) is 26.8 Å². The first-order valence-corrected chi connectivity index (χ1v) is 5.58. The summed E-state index contributed by atoms with van der Waals surface area (Å²) in [6.45, 7) is 6.70. The van der Waals surface area contributed by atoms with Gasteiger partial charge in [0.25, 0.3) is 0 Å². The smallest absolute Gasteiger partial charge is 0.228 e. The van der Waals surface area contributed by atoms with Gasteiger partial charge in [0.2, 0.25) is 5.91 Å². The van der Waals surface area contributed by atoms with E-state index in [4.69, 9.17) is 0 Å². The first-order valence-electron chi connectivity index (χ1n) is 5.58. The molecule has 1 fully saturated rings. The summed E-state index contributed by atoms with van der Waals surface area (Å²) >= 11 is 0. The Morgan fingerprint density at radius 2 is 2.14 bits per heavy atom. The normalized spacial score (nSPS) is 18.8. The lowest BCUT2D eigenvalue weighted by atomic mass is 9.69. The summed E-state index contributed by atoms with van der Waals surface area (Å²) in [5.41, 5.74) is -0.0379. The first kappa shape index (κ1) is 11.5. The Bertz CT molecular complexity index is 199. The van der Waals surface area contributed by atoms with E-state index in [9.17, 15) is 4.79 Å². The van der Waals surface area contributed by atoms with Crippen LogP contribution in [0.3, 0.4) is 0 Å². The average Bonchev–Trinajstić information content (AvgIpc) is 2.15. The van der Waals surface area contributed by atoms with Gasteiger partial charge in [0.1, 0.15) is 0 Å². The van der Waals surface area contributed by atoms with Crippen LogP contribution in [0.4, 0.5) is 0 Å². The van der Waals surface area contributed by atoms with E-state index in [2.05, 4.69) is 19.2 Å². The van der Waals surface area contributed by atoms with Gasteiger partial charge in [-0.3, -0.25) is 4.79 Å². The van der Waals surface area contributed by atoms with Crippen LogP contribution in [0.15, 0.2) is 0 Å². The molecule has 0 atom stereocenters. The second kappa shape index (κ2) is 4.78. The Labute approximate surface area is 86.9 Å². The van der Waals surface area contributed by atoms with Crippen molar-refractivity contribution in [2.45, 2.75) is 33.1 Å². The number of carbonyl (C=O) groups excluding carboxylic acids is 1. The molecule has 1 rings (SSSR count). The maximum Gasteiger partial charge on any atom is 0.228 e. The Kier molecular flexibility index (Phi) is 3.93. The van der Waals surface area contributed by atoms with E-state index in [-0.39, 0.29) is 5.41 Å². The molecule has 1 N–H and O–H groups in total. The van der Waals surface area contributed by atoms with Gasteiger partial charge in [0.15, 0.2) is 0 Å². The average molecular weight is 198 g/mol. The van der Waals surface area contributed by atoms with Gasteiger partial charge in [0, 0.05) is 25.0 Å². The van der Waals surface area contributed by atoms with Crippen molar-refractivity contribution in [3.63, 3.8) is 0 Å². The third kappa shape index (κ3) is 2.27. The number of hydrogen-bond acceptors (Lipinski definition) is 2. The van der Waals surface area contributed by atoms with Crippen LogP contribution in [0.1, 0.15) is 33.1 Å². The highest BCUT2D eigenvalue weighted by atomic mass is 16.2. The number of hydrogen-bond donors (Lipinski definition) is 1. The highest BCUT2D eigenvalue weighted by Gasteiger charge is 2.41. The predicted molar refractivity (Wildman–Crippen MR) is 58.1 cm³/mol. The lowest BCUT2D eigenvalue weighted by molar-refractivity contribution is -0.145. The van der Waals surface area contributed by atoms with Crippen LogP contribution in [-0.2, 0) is 4.79 Å². The van der Waals surface area contributed by atoms with E-state index < -0.39 is 0 Å². The molecule has 0 heterocycles. The fourth-order valence-corrected chi connectivity index (χ4v) is 1.95. The Hall–Kier alpha value is -0.570. The standard InChI is InChI=1S/C11H22N2O/c1-4-13(9-8-12-3)10(14)11(2)6-5-7-11/h12H,4-9H2,1-3H3. The zero-order valence-electron chi connectivity index (χ0n) is 9.60. The van der Waals surface area contributed by atoms with E-state index in [1.807, 2.05) is 11.9 Å². The minimum Gasteiger partial charge on any atom is -0.341 e. The Morgan fingerprint density at radius 3 is 2.50 bits per heavy atom. The first-order chi connectivity index (χ1) is 6.64. The number of nitrogens with one attached hydrogen (secondary N) is 1. The highest BCUT2D eigenvalue weighted by molar-refractivity contribution is 5.83. The fraction of sp³-hybridized carbons (Fsp3) is 0.909. The van der Waals surface area contributed by atoms with Gasteiger partial charge in [-0.1, -0.05) is 13.3 Å². The summed E-state index contributed by atoms with van der Waals surface area (Å²) in [5.74, 6) is 0.349. The predicted octanol–water partition coefficient (Wildman–Crippen LogP) is 1.24. The third-order valence-electron chi connectivity index (χ3n) is 3.27. The molecule has 1 saturated carbocycles. The number of carbonyl (C=O) groups is 1. The lowest BCUT2D eigenvalue weighted by Crippen LogP contribution is -2.47. The van der Waals surface area contributed by atoms with Gasteiger partial charge in [-0.2, -0.15) is 0 Å². The summed E-state index contributed by atoms with van der Waals surface area (Å²) in [5, 5.41) is 3.08. The summed E-state index contributed by atoms with van der Waals surface area (Å²) in [4.78, 5) is 14.1. The topological polar surface area (TPSA) is 32.3 Å². The van der Waals surface area contributed by atoms with Crippen LogP contribution in [0, 0.1) is 5.41 Å². The fourth-order valence-electron chi connectivity index (χ4n) is 1.95. The summed E-state index contributed by atoms with van der Waals surface area (Å²) in [6.07, 6.45) is 3.36. The molecule has 0 aromatic rings. The molecule has 3 nitrogen and oxygen atoms in total. The molecule has 3 heteroatoms. The third-order valence-corrected chi connectivity index (χ3v) is 3.27. The summed E-state index contributed by atoms with van der Waals surface area (Å²) in [7, 11) is 1.92. The molecule has 0 aromatic carbocycles. The largest absolute Gasteiger partial charge is 0.341 e. The van der Waals surface area contributed by atoms with Gasteiger partial charge in [-0.15, -0.1) is 0 Å². The van der Waals surface area contributed by atoms with Gasteiger partial charge < -0.3 is 10.2 Å². The van der Waals surface area contributed by atoms with E-state index in [1.165, 1.54) is 6.42 Å². The minimum absolute atomic E-state index is 0.0379. The van der Waals surface area contributed by atoms with E-state index in [1.54, 1.807) is 0 Å². The minimum atomic E-state index is -0.0379. The Balaban J connectivity index is 2.46. The molecule has 14 heavy (non-hydrogen) atoms. The van der Waals surface area contributed by atoms with E-state index >= 15 is 0 Å². The highest BCUT2D eigenvalue weighted by Crippen LogP contribution is 2.41. The lowest BCUT2D eigenvalue weighted by Gasteiger charge is -2.40. The van der Waals surface area contributed by atoms with Crippen molar-refractivity contribution in [1.29, 1.82) is 0 Å². The van der Waals surface area contributed by atoms with Crippen LogP contribution < -0.4 is 5.32 Å². The van der Waals surface area contributed by atoms with Crippen molar-refractivity contribution in [1.82, 2.24) is 10.2 Å². The van der Waals surface area contributed by atoms with Crippen molar-refractivity contribution in [2.24, 2.45) is 5.41 Å².